The van der Waals surface area contributed by atoms with E-state index in [1.807, 2.05) is 12.1 Å². The summed E-state index contributed by atoms with van der Waals surface area (Å²) in [6, 6.07) is 8.21. The Bertz CT molecular complexity index is 910. The maximum Gasteiger partial charge on any atom is 0.417 e. The summed E-state index contributed by atoms with van der Waals surface area (Å²) in [5.74, 6) is -0.470. The Labute approximate surface area is 172 Å². The quantitative estimate of drug-likeness (QED) is 0.676. The molecule has 9 heteroatoms. The SMILES string of the molecule is O=C(NCC(O)CN1CCc2ccccc2C1)C1=CN2C=C(C(F)(F)F)C=CC2N1. The summed E-state index contributed by atoms with van der Waals surface area (Å²) < 4.78 is 38.5. The Hall–Kier alpha value is -2.78. The van der Waals surface area contributed by atoms with Gasteiger partial charge in [-0.05, 0) is 29.7 Å². The van der Waals surface area contributed by atoms with Gasteiger partial charge < -0.3 is 20.6 Å². The van der Waals surface area contributed by atoms with E-state index >= 15 is 0 Å². The molecule has 1 aromatic rings. The topological polar surface area (TPSA) is 67.8 Å². The molecule has 3 heterocycles. The van der Waals surface area contributed by atoms with Gasteiger partial charge in [0.1, 0.15) is 11.9 Å². The number of benzene rings is 1. The number of halogens is 3. The number of hydrogen-bond donors (Lipinski definition) is 3. The molecule has 0 spiro atoms. The minimum absolute atomic E-state index is 0.0557. The molecule has 0 saturated heterocycles. The molecule has 1 amide bonds. The van der Waals surface area contributed by atoms with Crippen LogP contribution in [0.4, 0.5) is 13.2 Å². The van der Waals surface area contributed by atoms with Gasteiger partial charge in [0.05, 0.1) is 11.7 Å². The molecule has 0 aliphatic carbocycles. The number of fused-ring (bicyclic) bond motifs is 2. The van der Waals surface area contributed by atoms with Crippen LogP contribution in [-0.2, 0) is 17.8 Å². The first kappa shape index (κ1) is 20.5. The molecule has 0 aromatic heterocycles. The van der Waals surface area contributed by atoms with Crippen LogP contribution in [0.5, 0.6) is 0 Å². The van der Waals surface area contributed by atoms with E-state index in [0.29, 0.717) is 6.54 Å². The summed E-state index contributed by atoms with van der Waals surface area (Å²) in [5, 5.41) is 15.8. The highest BCUT2D eigenvalue weighted by molar-refractivity contribution is 5.93. The molecular formula is C21H23F3N4O2. The van der Waals surface area contributed by atoms with Crippen molar-refractivity contribution in [1.82, 2.24) is 20.4 Å². The standard InChI is InChI=1S/C21H23F3N4O2/c22-21(23,24)16-5-6-19-26-18(13-28(19)11-16)20(30)25-9-17(29)12-27-8-7-14-3-1-2-4-15(14)10-27/h1-6,11,13,17,19,26,29H,7-10,12H2,(H,25,30). The average Bonchev–Trinajstić information content (AvgIpc) is 3.15. The minimum Gasteiger partial charge on any atom is -0.390 e. The number of alkyl halides is 3. The van der Waals surface area contributed by atoms with Crippen molar-refractivity contribution in [2.75, 3.05) is 19.6 Å². The van der Waals surface area contributed by atoms with Gasteiger partial charge in [0, 0.05) is 38.6 Å². The Morgan fingerprint density at radius 1 is 1.27 bits per heavy atom. The van der Waals surface area contributed by atoms with Crippen molar-refractivity contribution in [3.63, 3.8) is 0 Å². The fraction of sp³-hybridized carbons (Fsp3) is 0.381. The lowest BCUT2D eigenvalue weighted by atomic mass is 10.00. The maximum absolute atomic E-state index is 12.8. The third-order valence-electron chi connectivity index (χ3n) is 5.40. The van der Waals surface area contributed by atoms with Crippen LogP contribution in [0.25, 0.3) is 0 Å². The molecule has 0 fully saturated rings. The molecule has 0 bridgehead atoms. The zero-order valence-electron chi connectivity index (χ0n) is 16.2. The Kier molecular flexibility index (Phi) is 5.57. The molecule has 1 aromatic carbocycles. The van der Waals surface area contributed by atoms with Crippen molar-refractivity contribution in [1.29, 1.82) is 0 Å². The van der Waals surface area contributed by atoms with Crippen molar-refractivity contribution in [2.45, 2.75) is 31.4 Å². The number of rotatable bonds is 5. The molecule has 2 atom stereocenters. The van der Waals surface area contributed by atoms with E-state index < -0.39 is 29.9 Å². The smallest absolute Gasteiger partial charge is 0.390 e. The number of nitrogens with zero attached hydrogens (tertiary/aromatic N) is 2. The average molecular weight is 420 g/mol. The first-order valence-corrected chi connectivity index (χ1v) is 9.78. The summed E-state index contributed by atoms with van der Waals surface area (Å²) in [7, 11) is 0. The highest BCUT2D eigenvalue weighted by Crippen LogP contribution is 2.31. The number of carbonyl (C=O) groups excluding carboxylic acids is 1. The highest BCUT2D eigenvalue weighted by atomic mass is 19.4. The molecular weight excluding hydrogens is 397 g/mol. The largest absolute Gasteiger partial charge is 0.417 e. The molecule has 160 valence electrons. The van der Waals surface area contributed by atoms with E-state index in [0.717, 1.165) is 31.8 Å². The van der Waals surface area contributed by atoms with Crippen LogP contribution in [-0.4, -0.2) is 58.9 Å². The second kappa shape index (κ2) is 8.16. The van der Waals surface area contributed by atoms with Crippen LogP contribution in [0.3, 0.4) is 0 Å². The van der Waals surface area contributed by atoms with Crippen molar-refractivity contribution in [3.05, 3.63) is 71.2 Å². The second-order valence-electron chi connectivity index (χ2n) is 7.64. The lowest BCUT2D eigenvalue weighted by molar-refractivity contribution is -0.118. The van der Waals surface area contributed by atoms with Crippen LogP contribution in [0.2, 0.25) is 0 Å². The molecule has 2 unspecified atom stereocenters. The van der Waals surface area contributed by atoms with Crippen molar-refractivity contribution in [2.24, 2.45) is 0 Å². The lowest BCUT2D eigenvalue weighted by Gasteiger charge is -2.30. The van der Waals surface area contributed by atoms with Crippen molar-refractivity contribution in [3.8, 4) is 0 Å². The number of hydrogen-bond acceptors (Lipinski definition) is 5. The summed E-state index contributed by atoms with van der Waals surface area (Å²) in [6.45, 7) is 2.08. The van der Waals surface area contributed by atoms with Gasteiger partial charge in [0.25, 0.3) is 5.91 Å². The van der Waals surface area contributed by atoms with Crippen molar-refractivity contribution < 1.29 is 23.1 Å². The van der Waals surface area contributed by atoms with Crippen LogP contribution < -0.4 is 10.6 Å². The summed E-state index contributed by atoms with van der Waals surface area (Å²) in [6.07, 6.45) is -0.171. The number of amides is 1. The molecule has 3 aliphatic rings. The zero-order valence-corrected chi connectivity index (χ0v) is 16.2. The number of nitrogens with one attached hydrogen (secondary N) is 2. The number of allylic oxidation sites excluding steroid dienone is 2. The summed E-state index contributed by atoms with van der Waals surface area (Å²) >= 11 is 0. The maximum atomic E-state index is 12.8. The van der Waals surface area contributed by atoms with E-state index in [9.17, 15) is 23.1 Å². The van der Waals surface area contributed by atoms with Gasteiger partial charge in [-0.25, -0.2) is 0 Å². The summed E-state index contributed by atoms with van der Waals surface area (Å²) in [4.78, 5) is 15.8. The van der Waals surface area contributed by atoms with Gasteiger partial charge in [-0.15, -0.1) is 0 Å². The number of aliphatic hydroxyl groups is 1. The van der Waals surface area contributed by atoms with Gasteiger partial charge >= 0.3 is 6.18 Å². The molecule has 3 N–H and O–H groups in total. The molecule has 4 rings (SSSR count). The van der Waals surface area contributed by atoms with E-state index in [1.165, 1.54) is 28.3 Å². The van der Waals surface area contributed by atoms with Gasteiger partial charge in [0.15, 0.2) is 0 Å². The molecule has 30 heavy (non-hydrogen) atoms. The first-order chi connectivity index (χ1) is 14.3. The van der Waals surface area contributed by atoms with E-state index in [4.69, 9.17) is 0 Å². The normalized spacial score (nSPS) is 21.9. The first-order valence-electron chi connectivity index (χ1n) is 9.78. The van der Waals surface area contributed by atoms with Gasteiger partial charge in [-0.2, -0.15) is 13.2 Å². The lowest BCUT2D eigenvalue weighted by Crippen LogP contribution is -2.43. The van der Waals surface area contributed by atoms with Gasteiger partial charge in [-0.1, -0.05) is 24.3 Å². The Morgan fingerprint density at radius 3 is 2.80 bits per heavy atom. The second-order valence-corrected chi connectivity index (χ2v) is 7.64. The number of β-amino-alcohol motifs (C(OH)–C–C–N with tert-alkyl or cyclic N) is 1. The van der Waals surface area contributed by atoms with E-state index in [1.54, 1.807) is 0 Å². The van der Waals surface area contributed by atoms with E-state index in [2.05, 4.69) is 27.7 Å². The molecule has 0 saturated carbocycles. The van der Waals surface area contributed by atoms with Crippen LogP contribution >= 0.6 is 0 Å². The predicted octanol–water partition coefficient (Wildman–Crippen LogP) is 1.61. The monoisotopic (exact) mass is 420 g/mol. The Morgan fingerprint density at radius 2 is 2.03 bits per heavy atom. The Balaban J connectivity index is 1.27. The molecule has 0 radical (unpaired) electrons. The number of carbonyl (C=O) groups is 1. The summed E-state index contributed by atoms with van der Waals surface area (Å²) in [5.41, 5.74) is 1.95. The number of aliphatic hydroxyl groups excluding tert-OH is 1. The zero-order chi connectivity index (χ0) is 21.3. The fourth-order valence-electron chi connectivity index (χ4n) is 3.83. The van der Waals surface area contributed by atoms with E-state index in [-0.39, 0.29) is 12.2 Å². The van der Waals surface area contributed by atoms with Crippen LogP contribution in [0, 0.1) is 0 Å². The van der Waals surface area contributed by atoms with Crippen LogP contribution in [0.15, 0.2) is 60.1 Å². The van der Waals surface area contributed by atoms with Crippen LogP contribution in [0.1, 0.15) is 11.1 Å². The fourth-order valence-corrected chi connectivity index (χ4v) is 3.83. The highest BCUT2D eigenvalue weighted by Gasteiger charge is 2.36. The molecule has 6 nitrogen and oxygen atoms in total. The third kappa shape index (κ3) is 4.52. The third-order valence-corrected chi connectivity index (χ3v) is 5.40. The van der Waals surface area contributed by atoms with Gasteiger partial charge in [0.2, 0.25) is 0 Å². The predicted molar refractivity (Wildman–Crippen MR) is 105 cm³/mol. The van der Waals surface area contributed by atoms with Gasteiger partial charge in [-0.3, -0.25) is 9.69 Å². The minimum atomic E-state index is -4.45. The molecule has 3 aliphatic heterocycles. The van der Waals surface area contributed by atoms with Crippen molar-refractivity contribution >= 4 is 5.91 Å².